The molecule has 0 unspecified atom stereocenters. The Hall–Kier alpha value is -0.220. The van der Waals surface area contributed by atoms with E-state index in [1.807, 2.05) is 0 Å². The molecule has 0 radical (unpaired) electrons. The van der Waals surface area contributed by atoms with E-state index in [0.717, 1.165) is 0 Å². The van der Waals surface area contributed by atoms with E-state index in [9.17, 15) is 8.78 Å². The Morgan fingerprint density at radius 1 is 1.62 bits per heavy atom. The fraction of sp³-hybridized carbons (Fsp3) is 1.00. The van der Waals surface area contributed by atoms with E-state index in [4.69, 9.17) is 5.11 Å². The monoisotopic (exact) mass is 126 g/mol. The van der Waals surface area contributed by atoms with Crippen LogP contribution < -0.4 is 0 Å². The fourth-order valence-electron chi connectivity index (χ4n) is 0.257. The van der Waals surface area contributed by atoms with Gasteiger partial charge in [-0.3, -0.25) is 0 Å². The van der Waals surface area contributed by atoms with E-state index in [1.54, 1.807) is 0 Å². The molecule has 0 atom stereocenters. The van der Waals surface area contributed by atoms with Gasteiger partial charge in [0.15, 0.2) is 0 Å². The predicted molar refractivity (Wildman–Crippen MR) is 23.7 cm³/mol. The van der Waals surface area contributed by atoms with Crippen molar-refractivity contribution in [3.05, 3.63) is 0 Å². The van der Waals surface area contributed by atoms with E-state index in [-0.39, 0.29) is 6.61 Å². The van der Waals surface area contributed by atoms with Crippen molar-refractivity contribution in [1.29, 1.82) is 0 Å². The number of hydrogen-bond acceptors (Lipinski definition) is 2. The summed E-state index contributed by atoms with van der Waals surface area (Å²) >= 11 is 0. The summed E-state index contributed by atoms with van der Waals surface area (Å²) in [6.07, 6.45) is -3.35. The summed E-state index contributed by atoms with van der Waals surface area (Å²) in [7, 11) is 0. The van der Waals surface area contributed by atoms with Crippen LogP contribution in [0.2, 0.25) is 0 Å². The molecule has 1 N–H and O–H groups in total. The number of ether oxygens (including phenoxy) is 1. The number of alkyl halides is 2. The Balaban J connectivity index is 3.37. The van der Waals surface area contributed by atoms with Crippen LogP contribution in [0.1, 0.15) is 6.92 Å². The molecule has 0 amide bonds. The largest absolute Gasteiger partial charge is 0.387 e. The van der Waals surface area contributed by atoms with E-state index < -0.39 is 12.7 Å². The van der Waals surface area contributed by atoms with Crippen LogP contribution in [0.25, 0.3) is 0 Å². The molecule has 0 aromatic heterocycles. The molecular weight excluding hydrogens is 118 g/mol. The first kappa shape index (κ1) is 7.78. The third-order valence-electron chi connectivity index (χ3n) is 0.540. The average Bonchev–Trinajstić information content (AvgIpc) is 1.67. The maximum Gasteiger partial charge on any atom is 0.378 e. The molecular formula is C4H8F2O2. The maximum atomic E-state index is 11.7. The van der Waals surface area contributed by atoms with Crippen LogP contribution in [0, 0.1) is 0 Å². The van der Waals surface area contributed by atoms with Crippen LogP contribution in [0.15, 0.2) is 0 Å². The number of aliphatic hydroxyl groups excluding tert-OH is 1. The second-order valence-electron chi connectivity index (χ2n) is 1.23. The summed E-state index contributed by atoms with van der Waals surface area (Å²) < 4.78 is 27.2. The summed E-state index contributed by atoms with van der Waals surface area (Å²) in [4.78, 5) is 0. The zero-order valence-corrected chi connectivity index (χ0v) is 4.53. The molecule has 0 aliphatic carbocycles. The standard InChI is InChI=1S/C4H8F2O2/c1-2-8-4(5,6)3-7/h7H,2-3H2,1H3. The van der Waals surface area contributed by atoms with Crippen LogP contribution in [-0.2, 0) is 4.74 Å². The molecule has 0 aliphatic heterocycles. The van der Waals surface area contributed by atoms with Gasteiger partial charge in [-0.25, -0.2) is 0 Å². The molecule has 0 aliphatic rings. The van der Waals surface area contributed by atoms with Gasteiger partial charge in [-0.1, -0.05) is 0 Å². The Morgan fingerprint density at radius 3 is 2.25 bits per heavy atom. The highest BCUT2D eigenvalue weighted by Crippen LogP contribution is 2.12. The van der Waals surface area contributed by atoms with Gasteiger partial charge in [-0.15, -0.1) is 0 Å². The lowest BCUT2D eigenvalue weighted by Crippen LogP contribution is -2.25. The Morgan fingerprint density at radius 2 is 2.12 bits per heavy atom. The van der Waals surface area contributed by atoms with Gasteiger partial charge in [0.2, 0.25) is 0 Å². The van der Waals surface area contributed by atoms with Gasteiger partial charge < -0.3 is 9.84 Å². The molecule has 0 spiro atoms. The number of aliphatic hydroxyl groups is 1. The fourth-order valence-corrected chi connectivity index (χ4v) is 0.257. The SMILES string of the molecule is CCOC(F)(F)CO. The van der Waals surface area contributed by atoms with Crippen molar-refractivity contribution < 1.29 is 18.6 Å². The quantitative estimate of drug-likeness (QED) is 0.600. The lowest BCUT2D eigenvalue weighted by molar-refractivity contribution is -0.254. The molecule has 50 valence electrons. The zero-order valence-electron chi connectivity index (χ0n) is 4.53. The van der Waals surface area contributed by atoms with E-state index >= 15 is 0 Å². The van der Waals surface area contributed by atoms with Gasteiger partial charge in [-0.05, 0) is 6.92 Å². The topological polar surface area (TPSA) is 29.5 Å². The number of rotatable bonds is 3. The van der Waals surface area contributed by atoms with Gasteiger partial charge in [0.05, 0.1) is 6.61 Å². The zero-order chi connectivity index (χ0) is 6.62. The van der Waals surface area contributed by atoms with Gasteiger partial charge in [0, 0.05) is 0 Å². The minimum absolute atomic E-state index is 0.0897. The van der Waals surface area contributed by atoms with Crippen molar-refractivity contribution in [2.24, 2.45) is 0 Å². The minimum atomic E-state index is -3.35. The summed E-state index contributed by atoms with van der Waals surface area (Å²) in [6.45, 7) is 0.0952. The summed E-state index contributed by atoms with van der Waals surface area (Å²) in [6, 6.07) is 0. The molecule has 0 fully saturated rings. The molecule has 0 rings (SSSR count). The van der Waals surface area contributed by atoms with Crippen molar-refractivity contribution >= 4 is 0 Å². The minimum Gasteiger partial charge on any atom is -0.387 e. The first-order chi connectivity index (χ1) is 3.62. The van der Waals surface area contributed by atoms with Crippen molar-refractivity contribution in [3.63, 3.8) is 0 Å². The van der Waals surface area contributed by atoms with Crippen LogP contribution in [0.4, 0.5) is 8.78 Å². The average molecular weight is 126 g/mol. The molecule has 2 nitrogen and oxygen atoms in total. The third-order valence-corrected chi connectivity index (χ3v) is 0.540. The van der Waals surface area contributed by atoms with Crippen molar-refractivity contribution in [2.75, 3.05) is 13.2 Å². The van der Waals surface area contributed by atoms with Gasteiger partial charge >= 0.3 is 6.11 Å². The summed E-state index contributed by atoms with van der Waals surface area (Å²) in [5, 5.41) is 7.85. The Bertz CT molecular complexity index is 65.1. The van der Waals surface area contributed by atoms with E-state index in [2.05, 4.69) is 4.74 Å². The first-order valence-corrected chi connectivity index (χ1v) is 2.25. The predicted octanol–water partition coefficient (Wildman–Crippen LogP) is 0.608. The lowest BCUT2D eigenvalue weighted by atomic mass is 10.7. The molecule has 4 heteroatoms. The lowest BCUT2D eigenvalue weighted by Gasteiger charge is -2.10. The van der Waals surface area contributed by atoms with Crippen LogP contribution in [-0.4, -0.2) is 24.4 Å². The van der Waals surface area contributed by atoms with Gasteiger partial charge in [0.1, 0.15) is 6.61 Å². The molecule has 0 aromatic carbocycles. The number of halogens is 2. The Kier molecular flexibility index (Phi) is 2.86. The highest BCUT2D eigenvalue weighted by atomic mass is 19.3. The Labute approximate surface area is 46.1 Å². The van der Waals surface area contributed by atoms with Crippen LogP contribution >= 0.6 is 0 Å². The van der Waals surface area contributed by atoms with Gasteiger partial charge in [-0.2, -0.15) is 8.78 Å². The summed E-state index contributed by atoms with van der Waals surface area (Å²) in [5.74, 6) is 0. The second-order valence-corrected chi connectivity index (χ2v) is 1.23. The van der Waals surface area contributed by atoms with E-state index in [0.29, 0.717) is 0 Å². The van der Waals surface area contributed by atoms with Crippen LogP contribution in [0.3, 0.4) is 0 Å². The maximum absolute atomic E-state index is 11.7. The normalized spacial score (nSPS) is 12.0. The molecule has 8 heavy (non-hydrogen) atoms. The molecule has 0 aromatic rings. The van der Waals surface area contributed by atoms with Crippen LogP contribution in [0.5, 0.6) is 0 Å². The highest BCUT2D eigenvalue weighted by molar-refractivity contribution is 4.44. The van der Waals surface area contributed by atoms with E-state index in [1.165, 1.54) is 6.92 Å². The molecule has 0 heterocycles. The smallest absolute Gasteiger partial charge is 0.378 e. The van der Waals surface area contributed by atoms with Crippen molar-refractivity contribution in [2.45, 2.75) is 13.0 Å². The molecule has 0 saturated carbocycles. The second kappa shape index (κ2) is 2.94. The molecule has 0 saturated heterocycles. The molecule has 0 bridgehead atoms. The summed E-state index contributed by atoms with van der Waals surface area (Å²) in [5.41, 5.74) is 0. The third kappa shape index (κ3) is 2.87. The first-order valence-electron chi connectivity index (χ1n) is 2.25. The van der Waals surface area contributed by atoms with Crippen molar-refractivity contribution in [3.8, 4) is 0 Å². The van der Waals surface area contributed by atoms with Gasteiger partial charge in [0.25, 0.3) is 0 Å². The van der Waals surface area contributed by atoms with Crippen molar-refractivity contribution in [1.82, 2.24) is 0 Å². The highest BCUT2D eigenvalue weighted by Gasteiger charge is 2.27. The number of hydrogen-bond donors (Lipinski definition) is 1.